The Bertz CT molecular complexity index is 262. The molecule has 0 bridgehead atoms. The number of amides is 1. The van der Waals surface area contributed by atoms with Crippen LogP contribution < -0.4 is 5.32 Å². The molecular weight excluding hydrogens is 228 g/mol. The molecule has 2 rings (SSSR count). The van der Waals surface area contributed by atoms with E-state index >= 15 is 0 Å². The van der Waals surface area contributed by atoms with Crippen molar-refractivity contribution in [3.05, 3.63) is 0 Å². The van der Waals surface area contributed by atoms with Crippen molar-refractivity contribution < 1.29 is 9.53 Å². The summed E-state index contributed by atoms with van der Waals surface area (Å²) in [5, 5.41) is 3.34. The summed E-state index contributed by atoms with van der Waals surface area (Å²) < 4.78 is 5.46. The van der Waals surface area contributed by atoms with E-state index in [1.807, 2.05) is 18.9 Å². The molecule has 94 valence electrons. The summed E-state index contributed by atoms with van der Waals surface area (Å²) in [7, 11) is 1.89. The third-order valence-electron chi connectivity index (χ3n) is 3.87. The van der Waals surface area contributed by atoms with Gasteiger partial charge in [0, 0.05) is 39.2 Å². The van der Waals surface area contributed by atoms with Gasteiger partial charge in [-0.2, -0.15) is 0 Å². The Hall–Kier alpha value is -0.320. The molecule has 16 heavy (non-hydrogen) atoms. The molecule has 0 radical (unpaired) electrons. The minimum Gasteiger partial charge on any atom is -0.381 e. The molecule has 0 spiro atoms. The summed E-state index contributed by atoms with van der Waals surface area (Å²) in [5.41, 5.74) is -0.178. The molecule has 0 aromatic rings. The summed E-state index contributed by atoms with van der Waals surface area (Å²) in [6.45, 7) is 6.00. The van der Waals surface area contributed by atoms with Crippen LogP contribution in [0.1, 0.15) is 13.3 Å². The van der Waals surface area contributed by atoms with Crippen LogP contribution in [0.15, 0.2) is 0 Å². The van der Waals surface area contributed by atoms with Crippen molar-refractivity contribution in [2.45, 2.75) is 13.3 Å². The van der Waals surface area contributed by atoms with Crippen LogP contribution in [0.2, 0.25) is 0 Å². The van der Waals surface area contributed by atoms with Gasteiger partial charge in [-0.15, -0.1) is 12.4 Å². The average Bonchev–Trinajstić information content (AvgIpc) is 2.71. The number of hydrogen-bond donors (Lipinski definition) is 1. The topological polar surface area (TPSA) is 41.6 Å². The molecule has 2 saturated heterocycles. The number of hydrogen-bond acceptors (Lipinski definition) is 3. The van der Waals surface area contributed by atoms with Crippen molar-refractivity contribution in [1.82, 2.24) is 10.2 Å². The van der Waals surface area contributed by atoms with E-state index in [0.717, 1.165) is 39.3 Å². The second kappa shape index (κ2) is 5.34. The molecule has 2 fully saturated rings. The van der Waals surface area contributed by atoms with E-state index in [0.29, 0.717) is 11.8 Å². The average molecular weight is 249 g/mol. The second-order valence-electron chi connectivity index (χ2n) is 4.63. The SMILES string of the molecule is CCN(C)C(=O)C12CCOCC1CNC2.Cl. The smallest absolute Gasteiger partial charge is 0.230 e. The van der Waals surface area contributed by atoms with Crippen LogP contribution in [-0.4, -0.2) is 50.7 Å². The van der Waals surface area contributed by atoms with Crippen LogP contribution in [0.4, 0.5) is 0 Å². The second-order valence-corrected chi connectivity index (χ2v) is 4.63. The summed E-state index contributed by atoms with van der Waals surface area (Å²) in [6, 6.07) is 0. The lowest BCUT2D eigenvalue weighted by atomic mass is 9.73. The lowest BCUT2D eigenvalue weighted by Crippen LogP contribution is -2.50. The summed E-state index contributed by atoms with van der Waals surface area (Å²) in [4.78, 5) is 14.2. The minimum atomic E-state index is -0.178. The zero-order valence-electron chi connectivity index (χ0n) is 9.99. The van der Waals surface area contributed by atoms with Gasteiger partial charge in [0.1, 0.15) is 0 Å². The van der Waals surface area contributed by atoms with E-state index in [1.54, 1.807) is 0 Å². The third-order valence-corrected chi connectivity index (χ3v) is 3.87. The van der Waals surface area contributed by atoms with Crippen molar-refractivity contribution in [2.24, 2.45) is 11.3 Å². The summed E-state index contributed by atoms with van der Waals surface area (Å²) in [5.74, 6) is 0.663. The zero-order valence-corrected chi connectivity index (χ0v) is 10.8. The molecule has 1 N–H and O–H groups in total. The van der Waals surface area contributed by atoms with E-state index in [2.05, 4.69) is 5.32 Å². The Kier molecular flexibility index (Phi) is 4.59. The molecule has 0 saturated carbocycles. The quantitative estimate of drug-likeness (QED) is 0.775. The Balaban J connectivity index is 0.00000128. The number of ether oxygens (including phenoxy) is 1. The maximum absolute atomic E-state index is 12.4. The van der Waals surface area contributed by atoms with Gasteiger partial charge >= 0.3 is 0 Å². The van der Waals surface area contributed by atoms with E-state index in [4.69, 9.17) is 4.74 Å². The highest BCUT2D eigenvalue weighted by Crippen LogP contribution is 2.39. The van der Waals surface area contributed by atoms with Gasteiger partial charge in [0.2, 0.25) is 5.91 Å². The first-order valence-corrected chi connectivity index (χ1v) is 5.75. The molecule has 2 aliphatic rings. The van der Waals surface area contributed by atoms with Crippen LogP contribution in [0.5, 0.6) is 0 Å². The Labute approximate surface area is 103 Å². The highest BCUT2D eigenvalue weighted by molar-refractivity contribution is 5.85. The van der Waals surface area contributed by atoms with Crippen LogP contribution >= 0.6 is 12.4 Å². The van der Waals surface area contributed by atoms with Gasteiger partial charge in [0.25, 0.3) is 0 Å². The van der Waals surface area contributed by atoms with Crippen molar-refractivity contribution in [1.29, 1.82) is 0 Å². The number of carbonyl (C=O) groups excluding carboxylic acids is 1. The van der Waals surface area contributed by atoms with E-state index < -0.39 is 0 Å². The first-order chi connectivity index (χ1) is 7.20. The lowest BCUT2D eigenvalue weighted by molar-refractivity contribution is -0.148. The third kappa shape index (κ3) is 2.06. The predicted molar refractivity (Wildman–Crippen MR) is 64.8 cm³/mol. The van der Waals surface area contributed by atoms with Gasteiger partial charge < -0.3 is 15.0 Å². The standard InChI is InChI=1S/C11H20N2O2.ClH/c1-3-13(2)10(14)11-4-5-15-7-9(11)6-12-8-11;/h9,12H,3-8H2,1-2H3;1H. The first-order valence-electron chi connectivity index (χ1n) is 5.75. The molecule has 2 atom stereocenters. The van der Waals surface area contributed by atoms with Crippen LogP contribution in [0.3, 0.4) is 0 Å². The normalized spacial score (nSPS) is 32.8. The molecule has 0 aliphatic carbocycles. The van der Waals surface area contributed by atoms with Gasteiger partial charge in [0.05, 0.1) is 12.0 Å². The molecule has 2 aliphatic heterocycles. The number of halogens is 1. The van der Waals surface area contributed by atoms with Gasteiger partial charge in [-0.25, -0.2) is 0 Å². The van der Waals surface area contributed by atoms with Gasteiger partial charge in [0.15, 0.2) is 0 Å². The molecule has 2 unspecified atom stereocenters. The Morgan fingerprint density at radius 3 is 3.06 bits per heavy atom. The highest BCUT2D eigenvalue weighted by Gasteiger charge is 2.51. The van der Waals surface area contributed by atoms with Crippen molar-refractivity contribution in [3.8, 4) is 0 Å². The Morgan fingerprint density at radius 2 is 2.38 bits per heavy atom. The molecule has 1 amide bonds. The van der Waals surface area contributed by atoms with Gasteiger partial charge in [-0.05, 0) is 13.3 Å². The number of nitrogens with one attached hydrogen (secondary N) is 1. The van der Waals surface area contributed by atoms with Crippen LogP contribution in [0.25, 0.3) is 0 Å². The monoisotopic (exact) mass is 248 g/mol. The molecular formula is C11H21ClN2O2. The molecule has 4 nitrogen and oxygen atoms in total. The molecule has 2 heterocycles. The van der Waals surface area contributed by atoms with Crippen LogP contribution in [0, 0.1) is 11.3 Å². The predicted octanol–water partition coefficient (Wildman–Crippen LogP) is 0.513. The molecule has 5 heteroatoms. The van der Waals surface area contributed by atoms with E-state index in [9.17, 15) is 4.79 Å². The minimum absolute atomic E-state index is 0. The first kappa shape index (κ1) is 13.7. The zero-order chi connectivity index (χ0) is 10.9. The Morgan fingerprint density at radius 1 is 1.62 bits per heavy atom. The van der Waals surface area contributed by atoms with E-state index in [1.165, 1.54) is 0 Å². The lowest BCUT2D eigenvalue weighted by Gasteiger charge is -2.39. The van der Waals surface area contributed by atoms with Gasteiger partial charge in [-0.3, -0.25) is 4.79 Å². The van der Waals surface area contributed by atoms with Crippen LogP contribution in [-0.2, 0) is 9.53 Å². The summed E-state index contributed by atoms with van der Waals surface area (Å²) in [6.07, 6.45) is 0.869. The maximum Gasteiger partial charge on any atom is 0.230 e. The maximum atomic E-state index is 12.4. The van der Waals surface area contributed by atoms with Crippen molar-refractivity contribution in [3.63, 3.8) is 0 Å². The number of carbonyl (C=O) groups is 1. The fraction of sp³-hybridized carbons (Fsp3) is 0.909. The summed E-state index contributed by atoms with van der Waals surface area (Å²) >= 11 is 0. The van der Waals surface area contributed by atoms with Crippen molar-refractivity contribution in [2.75, 3.05) is 39.9 Å². The molecule has 0 aromatic carbocycles. The van der Waals surface area contributed by atoms with Gasteiger partial charge in [-0.1, -0.05) is 0 Å². The largest absolute Gasteiger partial charge is 0.381 e. The number of rotatable bonds is 2. The number of fused-ring (bicyclic) bond motifs is 1. The number of nitrogens with zero attached hydrogens (tertiary/aromatic N) is 1. The fourth-order valence-corrected chi connectivity index (χ4v) is 2.68. The van der Waals surface area contributed by atoms with Crippen molar-refractivity contribution >= 4 is 18.3 Å². The molecule has 0 aromatic heterocycles. The highest BCUT2D eigenvalue weighted by atomic mass is 35.5. The van der Waals surface area contributed by atoms with E-state index in [-0.39, 0.29) is 17.8 Å². The fourth-order valence-electron chi connectivity index (χ4n) is 2.68.